The number of aromatic hydroxyl groups is 1. The van der Waals surface area contributed by atoms with E-state index in [2.05, 4.69) is 66.7 Å². The molecule has 0 aromatic heterocycles. The summed E-state index contributed by atoms with van der Waals surface area (Å²) < 4.78 is 0. The highest BCUT2D eigenvalue weighted by Gasteiger charge is 2.42. The molecule has 0 spiro atoms. The van der Waals surface area contributed by atoms with Crippen molar-refractivity contribution in [1.29, 1.82) is 0 Å². The van der Waals surface area contributed by atoms with Crippen molar-refractivity contribution in [2.24, 2.45) is 5.92 Å². The molecule has 0 saturated carbocycles. The summed E-state index contributed by atoms with van der Waals surface area (Å²) in [5.74, 6) is -0.0499. The second-order valence-electron chi connectivity index (χ2n) is 11.9. The van der Waals surface area contributed by atoms with Crippen LogP contribution in [0.3, 0.4) is 0 Å². The van der Waals surface area contributed by atoms with Gasteiger partial charge in [0, 0.05) is 5.69 Å². The summed E-state index contributed by atoms with van der Waals surface area (Å²) in [4.78, 5) is 11.1. The Morgan fingerprint density at radius 1 is 0.946 bits per heavy atom. The van der Waals surface area contributed by atoms with Crippen molar-refractivity contribution in [3.63, 3.8) is 0 Å². The Morgan fingerprint density at radius 2 is 1.49 bits per heavy atom. The minimum atomic E-state index is -0.889. The van der Waals surface area contributed by atoms with Gasteiger partial charge in [-0.2, -0.15) is 0 Å². The van der Waals surface area contributed by atoms with Crippen LogP contribution in [0.2, 0.25) is 0 Å². The summed E-state index contributed by atoms with van der Waals surface area (Å²) >= 11 is 0. The lowest BCUT2D eigenvalue weighted by Gasteiger charge is -2.22. The van der Waals surface area contributed by atoms with Gasteiger partial charge in [0.1, 0.15) is 5.75 Å². The van der Waals surface area contributed by atoms with Crippen molar-refractivity contribution in [3.8, 4) is 5.75 Å². The van der Waals surface area contributed by atoms with Crippen molar-refractivity contribution >= 4 is 23.3 Å². The number of nitrogens with two attached hydrogens (primary N) is 1. The molecule has 0 atom stereocenters. The first-order chi connectivity index (χ1) is 17.2. The van der Waals surface area contributed by atoms with Gasteiger partial charge in [-0.15, -0.1) is 0 Å². The van der Waals surface area contributed by atoms with E-state index in [9.17, 15) is 4.79 Å². The van der Waals surface area contributed by atoms with E-state index in [0.29, 0.717) is 17.2 Å². The molecule has 37 heavy (non-hydrogen) atoms. The highest BCUT2D eigenvalue weighted by molar-refractivity contribution is 5.88. The third-order valence-electron chi connectivity index (χ3n) is 7.07. The Balaban J connectivity index is 0.000000405. The number of carboxylic acid groups (broad SMARTS) is 1. The van der Waals surface area contributed by atoms with Crippen LogP contribution in [0.15, 0.2) is 60.7 Å². The van der Waals surface area contributed by atoms with E-state index in [4.69, 9.17) is 15.9 Å². The van der Waals surface area contributed by atoms with Crippen LogP contribution in [0.4, 0.5) is 5.69 Å². The zero-order chi connectivity index (χ0) is 27.5. The molecule has 0 saturated heterocycles. The number of rotatable bonds is 5. The first-order valence-corrected chi connectivity index (χ1v) is 12.9. The summed E-state index contributed by atoms with van der Waals surface area (Å²) in [7, 11) is 0. The van der Waals surface area contributed by atoms with Gasteiger partial charge in [0.25, 0.3) is 0 Å². The molecular weight excluding hydrogens is 458 g/mol. The lowest BCUT2D eigenvalue weighted by molar-refractivity contribution is 0.0697. The predicted molar refractivity (Wildman–Crippen MR) is 155 cm³/mol. The van der Waals surface area contributed by atoms with Crippen LogP contribution in [0.1, 0.15) is 93.1 Å². The lowest BCUT2D eigenvalue weighted by atomic mass is 9.82. The van der Waals surface area contributed by atoms with Crippen molar-refractivity contribution in [2.45, 2.75) is 72.1 Å². The summed E-state index contributed by atoms with van der Waals surface area (Å²) in [6.07, 6.45) is 4.39. The highest BCUT2D eigenvalue weighted by atomic mass is 16.4. The molecule has 0 unspecified atom stereocenters. The second-order valence-corrected chi connectivity index (χ2v) is 11.9. The van der Waals surface area contributed by atoms with E-state index in [1.54, 1.807) is 36.4 Å². The molecule has 0 radical (unpaired) electrons. The number of aromatic carboxylic acids is 1. The van der Waals surface area contributed by atoms with Crippen LogP contribution in [0.25, 0.3) is 11.6 Å². The maximum absolute atomic E-state index is 11.1. The fraction of sp³-hybridized carbons (Fsp3) is 0.364. The average molecular weight is 500 g/mol. The molecule has 0 aliphatic heterocycles. The first kappa shape index (κ1) is 28.0. The number of carboxylic acids is 1. The van der Waals surface area contributed by atoms with Crippen LogP contribution >= 0.6 is 0 Å². The summed E-state index contributed by atoms with van der Waals surface area (Å²) in [6, 6.07) is 18.4. The third-order valence-corrected chi connectivity index (χ3v) is 7.07. The fourth-order valence-corrected chi connectivity index (χ4v) is 5.56. The quantitative estimate of drug-likeness (QED) is 0.188. The van der Waals surface area contributed by atoms with Gasteiger partial charge < -0.3 is 15.9 Å². The third kappa shape index (κ3) is 6.82. The smallest absolute Gasteiger partial charge is 0.335 e. The van der Waals surface area contributed by atoms with Gasteiger partial charge in [0.15, 0.2) is 0 Å². The molecule has 196 valence electrons. The topological polar surface area (TPSA) is 83.5 Å². The van der Waals surface area contributed by atoms with E-state index >= 15 is 0 Å². The molecule has 3 aromatic carbocycles. The largest absolute Gasteiger partial charge is 0.508 e. The van der Waals surface area contributed by atoms with Crippen molar-refractivity contribution in [3.05, 3.63) is 94.0 Å². The number of fused-ring (bicyclic) bond motifs is 1. The number of benzene rings is 3. The van der Waals surface area contributed by atoms with Crippen LogP contribution in [-0.4, -0.2) is 16.2 Å². The monoisotopic (exact) mass is 499 g/mol. The molecular formula is C33H41NO3. The average Bonchev–Trinajstić information content (AvgIpc) is 2.98. The molecule has 0 fully saturated rings. The lowest BCUT2D eigenvalue weighted by Crippen LogP contribution is -2.18. The number of hydrogen-bond donors (Lipinski definition) is 3. The van der Waals surface area contributed by atoms with Gasteiger partial charge in [0.2, 0.25) is 0 Å². The van der Waals surface area contributed by atoms with Crippen LogP contribution < -0.4 is 5.73 Å². The van der Waals surface area contributed by atoms with Crippen LogP contribution in [-0.2, 0) is 17.3 Å². The van der Waals surface area contributed by atoms with E-state index in [1.807, 2.05) is 12.1 Å². The van der Waals surface area contributed by atoms with E-state index < -0.39 is 5.97 Å². The SMILES string of the molecule is CC(=Cc1ccc(C(=O)O)cc1)c1cc2c(cc1CC(C)C)C(C)(C)CC2(C)C.Nc1ccc(O)cc1. The number of phenols is 1. The summed E-state index contributed by atoms with van der Waals surface area (Å²) in [5, 5.41) is 17.8. The minimum Gasteiger partial charge on any atom is -0.508 e. The van der Waals surface area contributed by atoms with Crippen molar-refractivity contribution in [1.82, 2.24) is 0 Å². The number of phenolic OH excluding ortho intramolecular Hbond substituents is 1. The Kier molecular flexibility index (Phi) is 8.22. The highest BCUT2D eigenvalue weighted by Crippen LogP contribution is 2.50. The molecule has 4 nitrogen and oxygen atoms in total. The van der Waals surface area contributed by atoms with Gasteiger partial charge in [0.05, 0.1) is 5.56 Å². The molecule has 1 aliphatic rings. The molecule has 4 N–H and O–H groups in total. The van der Waals surface area contributed by atoms with E-state index in [1.165, 1.54) is 34.2 Å². The Labute approximate surface area is 221 Å². The van der Waals surface area contributed by atoms with Gasteiger partial charge in [-0.3, -0.25) is 0 Å². The standard InChI is InChI=1S/C27H34O2.C6H7NO/c1-17(2)12-21-14-23-24(27(6,7)16-26(23,4)5)15-22(21)18(3)13-19-8-10-20(11-9-19)25(28)29;7-5-1-3-6(8)4-2-5/h8-11,13-15,17H,12,16H2,1-7H3,(H,28,29);1-4,8H,7H2. The van der Waals surface area contributed by atoms with Crippen molar-refractivity contribution in [2.75, 3.05) is 5.73 Å². The number of nitrogen functional groups attached to an aromatic ring is 1. The maximum atomic E-state index is 11.1. The van der Waals surface area contributed by atoms with E-state index in [-0.39, 0.29) is 16.6 Å². The number of hydrogen-bond acceptors (Lipinski definition) is 3. The van der Waals surface area contributed by atoms with Gasteiger partial charge in [-0.25, -0.2) is 4.79 Å². The molecule has 3 aromatic rings. The van der Waals surface area contributed by atoms with Crippen molar-refractivity contribution < 1.29 is 15.0 Å². The van der Waals surface area contributed by atoms with E-state index in [0.717, 1.165) is 12.0 Å². The van der Waals surface area contributed by atoms with Gasteiger partial charge in [-0.05, 0) is 106 Å². The predicted octanol–water partition coefficient (Wildman–Crippen LogP) is 8.08. The van der Waals surface area contributed by atoms with Gasteiger partial charge in [-0.1, -0.05) is 71.9 Å². The molecule has 1 aliphatic carbocycles. The first-order valence-electron chi connectivity index (χ1n) is 12.9. The molecule has 4 rings (SSSR count). The summed E-state index contributed by atoms with van der Waals surface area (Å²) in [6.45, 7) is 16.2. The summed E-state index contributed by atoms with van der Waals surface area (Å²) in [5.41, 5.74) is 14.7. The number of carbonyl (C=O) groups is 1. The molecule has 4 heteroatoms. The fourth-order valence-electron chi connectivity index (χ4n) is 5.56. The normalized spacial score (nSPS) is 15.6. The number of allylic oxidation sites excluding steroid dienone is 1. The molecule has 0 amide bonds. The Hall–Kier alpha value is -3.53. The Morgan fingerprint density at radius 3 is 1.97 bits per heavy atom. The maximum Gasteiger partial charge on any atom is 0.335 e. The zero-order valence-electron chi connectivity index (χ0n) is 23.2. The van der Waals surface area contributed by atoms with Gasteiger partial charge >= 0.3 is 5.97 Å². The molecule has 0 heterocycles. The minimum absolute atomic E-state index is 0.174. The number of anilines is 1. The zero-order valence-corrected chi connectivity index (χ0v) is 23.2. The second kappa shape index (κ2) is 10.8. The van der Waals surface area contributed by atoms with Crippen LogP contribution in [0, 0.1) is 5.92 Å². The Bertz CT molecular complexity index is 1260. The van der Waals surface area contributed by atoms with Crippen LogP contribution in [0.5, 0.6) is 5.75 Å². The molecule has 0 bridgehead atoms.